The van der Waals surface area contributed by atoms with Crippen LogP contribution in [0.5, 0.6) is 5.75 Å². The van der Waals surface area contributed by atoms with E-state index in [1.54, 1.807) is 62.5 Å². The lowest BCUT2D eigenvalue weighted by Crippen LogP contribution is -2.30. The average Bonchev–Trinajstić information content (AvgIpc) is 2.56. The molecule has 23 heavy (non-hydrogen) atoms. The summed E-state index contributed by atoms with van der Waals surface area (Å²) >= 11 is 5.80. The standard InChI is InChI=1S/C17H17ClN2O3/c1-11(23-15-9-5-13(18)6-10-15)16(21)20-14-7-3-12(4-8-14)17(22)19-2/h3-11H,1-2H3,(H,19,22)(H,20,21)/t11-/m1/s1. The molecule has 0 aliphatic rings. The zero-order chi connectivity index (χ0) is 16.8. The average molecular weight is 333 g/mol. The molecule has 2 aromatic rings. The van der Waals surface area contributed by atoms with Gasteiger partial charge in [-0.3, -0.25) is 9.59 Å². The smallest absolute Gasteiger partial charge is 0.265 e. The molecule has 0 bridgehead atoms. The summed E-state index contributed by atoms with van der Waals surface area (Å²) in [5.74, 6) is 0.0991. The molecule has 0 radical (unpaired) electrons. The van der Waals surface area contributed by atoms with E-state index in [9.17, 15) is 9.59 Å². The van der Waals surface area contributed by atoms with Crippen molar-refractivity contribution in [2.45, 2.75) is 13.0 Å². The van der Waals surface area contributed by atoms with Gasteiger partial charge >= 0.3 is 0 Å². The molecule has 6 heteroatoms. The maximum atomic E-state index is 12.1. The van der Waals surface area contributed by atoms with Crippen molar-refractivity contribution in [2.75, 3.05) is 12.4 Å². The first-order valence-corrected chi connectivity index (χ1v) is 7.42. The van der Waals surface area contributed by atoms with E-state index in [-0.39, 0.29) is 11.8 Å². The van der Waals surface area contributed by atoms with Crippen LogP contribution in [0.3, 0.4) is 0 Å². The van der Waals surface area contributed by atoms with E-state index in [1.165, 1.54) is 0 Å². The van der Waals surface area contributed by atoms with Crippen LogP contribution in [-0.4, -0.2) is 25.0 Å². The van der Waals surface area contributed by atoms with Gasteiger partial charge in [-0.15, -0.1) is 0 Å². The van der Waals surface area contributed by atoms with Gasteiger partial charge in [0, 0.05) is 23.3 Å². The fourth-order valence-corrected chi connectivity index (χ4v) is 1.99. The third-order valence-electron chi connectivity index (χ3n) is 3.14. The van der Waals surface area contributed by atoms with Gasteiger partial charge in [-0.1, -0.05) is 11.6 Å². The maximum absolute atomic E-state index is 12.1. The molecule has 2 aromatic carbocycles. The summed E-state index contributed by atoms with van der Waals surface area (Å²) in [5, 5.41) is 5.87. The number of anilines is 1. The van der Waals surface area contributed by atoms with Gasteiger partial charge in [0.2, 0.25) is 0 Å². The molecular formula is C17H17ClN2O3. The molecule has 2 N–H and O–H groups in total. The number of carbonyl (C=O) groups excluding carboxylic acids is 2. The summed E-state index contributed by atoms with van der Waals surface area (Å²) < 4.78 is 5.55. The SMILES string of the molecule is CNC(=O)c1ccc(NC(=O)[C@@H](C)Oc2ccc(Cl)cc2)cc1. The van der Waals surface area contributed by atoms with Crippen LogP contribution in [0.15, 0.2) is 48.5 Å². The lowest BCUT2D eigenvalue weighted by molar-refractivity contribution is -0.122. The largest absolute Gasteiger partial charge is 0.481 e. The Morgan fingerprint density at radius 1 is 1.04 bits per heavy atom. The van der Waals surface area contributed by atoms with Gasteiger partial charge in [0.15, 0.2) is 6.10 Å². The van der Waals surface area contributed by atoms with Gasteiger partial charge in [-0.25, -0.2) is 0 Å². The predicted molar refractivity (Wildman–Crippen MR) is 90.0 cm³/mol. The second kappa shape index (κ2) is 7.65. The van der Waals surface area contributed by atoms with Gasteiger partial charge in [-0.05, 0) is 55.5 Å². The van der Waals surface area contributed by atoms with Crippen molar-refractivity contribution in [1.29, 1.82) is 0 Å². The van der Waals surface area contributed by atoms with Crippen molar-refractivity contribution >= 4 is 29.1 Å². The summed E-state index contributed by atoms with van der Waals surface area (Å²) in [6.07, 6.45) is -0.671. The minimum atomic E-state index is -0.671. The molecule has 0 aromatic heterocycles. The Balaban J connectivity index is 1.95. The highest BCUT2D eigenvalue weighted by molar-refractivity contribution is 6.30. The van der Waals surface area contributed by atoms with Crippen molar-refractivity contribution in [3.05, 3.63) is 59.1 Å². The van der Waals surface area contributed by atoms with E-state index in [0.29, 0.717) is 22.0 Å². The van der Waals surface area contributed by atoms with Crippen LogP contribution in [0.25, 0.3) is 0 Å². The molecule has 120 valence electrons. The highest BCUT2D eigenvalue weighted by Gasteiger charge is 2.15. The summed E-state index contributed by atoms with van der Waals surface area (Å²) in [6, 6.07) is 13.4. The zero-order valence-electron chi connectivity index (χ0n) is 12.8. The van der Waals surface area contributed by atoms with E-state index in [4.69, 9.17) is 16.3 Å². The van der Waals surface area contributed by atoms with E-state index >= 15 is 0 Å². The molecule has 5 nitrogen and oxygen atoms in total. The minimum Gasteiger partial charge on any atom is -0.481 e. The number of amides is 2. The Morgan fingerprint density at radius 2 is 1.65 bits per heavy atom. The normalized spacial score (nSPS) is 11.4. The number of ether oxygens (including phenoxy) is 1. The predicted octanol–water partition coefficient (Wildman–Crippen LogP) is 3.11. The monoisotopic (exact) mass is 332 g/mol. The molecule has 2 amide bonds. The lowest BCUT2D eigenvalue weighted by atomic mass is 10.2. The Morgan fingerprint density at radius 3 is 2.22 bits per heavy atom. The molecular weight excluding hydrogens is 316 g/mol. The summed E-state index contributed by atoms with van der Waals surface area (Å²) in [6.45, 7) is 1.66. The third kappa shape index (κ3) is 4.72. The summed E-state index contributed by atoms with van der Waals surface area (Å²) in [4.78, 5) is 23.6. The second-order valence-corrected chi connectivity index (χ2v) is 5.30. The minimum absolute atomic E-state index is 0.178. The number of nitrogens with one attached hydrogen (secondary N) is 2. The van der Waals surface area contributed by atoms with Crippen molar-refractivity contribution in [1.82, 2.24) is 5.32 Å². The van der Waals surface area contributed by atoms with Gasteiger partial charge < -0.3 is 15.4 Å². The Kier molecular flexibility index (Phi) is 5.60. The van der Waals surface area contributed by atoms with Crippen molar-refractivity contribution in [3.8, 4) is 5.75 Å². The van der Waals surface area contributed by atoms with Gasteiger partial charge in [0.05, 0.1) is 0 Å². The first-order valence-electron chi connectivity index (χ1n) is 7.05. The molecule has 0 saturated heterocycles. The fourth-order valence-electron chi connectivity index (χ4n) is 1.86. The molecule has 0 heterocycles. The topological polar surface area (TPSA) is 67.4 Å². The number of halogens is 1. The van der Waals surface area contributed by atoms with Crippen molar-refractivity contribution in [2.24, 2.45) is 0 Å². The van der Waals surface area contributed by atoms with Crippen LogP contribution in [-0.2, 0) is 4.79 Å². The van der Waals surface area contributed by atoms with E-state index in [1.807, 2.05) is 0 Å². The molecule has 0 aliphatic carbocycles. The molecule has 0 unspecified atom stereocenters. The maximum Gasteiger partial charge on any atom is 0.265 e. The highest BCUT2D eigenvalue weighted by Crippen LogP contribution is 2.17. The van der Waals surface area contributed by atoms with Crippen LogP contribution in [0, 0.1) is 0 Å². The first kappa shape index (κ1) is 16.8. The molecule has 0 fully saturated rings. The Labute approximate surface area is 139 Å². The third-order valence-corrected chi connectivity index (χ3v) is 3.39. The quantitative estimate of drug-likeness (QED) is 0.884. The molecule has 0 saturated carbocycles. The van der Waals surface area contributed by atoms with Crippen LogP contribution in [0.4, 0.5) is 5.69 Å². The van der Waals surface area contributed by atoms with Gasteiger partial charge in [0.25, 0.3) is 11.8 Å². The van der Waals surface area contributed by atoms with Crippen molar-refractivity contribution < 1.29 is 14.3 Å². The zero-order valence-corrected chi connectivity index (χ0v) is 13.6. The number of hydrogen-bond donors (Lipinski definition) is 2. The summed E-state index contributed by atoms with van der Waals surface area (Å²) in [5.41, 5.74) is 1.12. The number of carbonyl (C=O) groups is 2. The van der Waals surface area contributed by atoms with E-state index in [0.717, 1.165) is 0 Å². The van der Waals surface area contributed by atoms with Crippen LogP contribution in [0.2, 0.25) is 5.02 Å². The molecule has 2 rings (SSSR count). The van der Waals surface area contributed by atoms with Gasteiger partial charge in [0.1, 0.15) is 5.75 Å². The Bertz CT molecular complexity index is 684. The molecule has 0 aliphatic heterocycles. The fraction of sp³-hybridized carbons (Fsp3) is 0.176. The van der Waals surface area contributed by atoms with Crippen LogP contribution in [0.1, 0.15) is 17.3 Å². The molecule has 0 spiro atoms. The summed E-state index contributed by atoms with van der Waals surface area (Å²) in [7, 11) is 1.56. The number of benzene rings is 2. The first-order chi connectivity index (χ1) is 11.0. The van der Waals surface area contributed by atoms with Gasteiger partial charge in [-0.2, -0.15) is 0 Å². The van der Waals surface area contributed by atoms with E-state index < -0.39 is 6.10 Å². The molecule has 1 atom stereocenters. The number of hydrogen-bond acceptors (Lipinski definition) is 3. The highest BCUT2D eigenvalue weighted by atomic mass is 35.5. The number of rotatable bonds is 5. The second-order valence-electron chi connectivity index (χ2n) is 4.86. The van der Waals surface area contributed by atoms with Crippen LogP contribution >= 0.6 is 11.6 Å². The van der Waals surface area contributed by atoms with E-state index in [2.05, 4.69) is 10.6 Å². The Hall–Kier alpha value is -2.53. The van der Waals surface area contributed by atoms with Crippen LogP contribution < -0.4 is 15.4 Å². The van der Waals surface area contributed by atoms with Crippen molar-refractivity contribution in [3.63, 3.8) is 0 Å². The lowest BCUT2D eigenvalue weighted by Gasteiger charge is -2.15.